The lowest BCUT2D eigenvalue weighted by atomic mass is 9.98. The second kappa shape index (κ2) is 6.83. The highest BCUT2D eigenvalue weighted by Gasteiger charge is 2.27. The van der Waals surface area contributed by atoms with Crippen LogP contribution in [0.2, 0.25) is 0 Å². The fourth-order valence-corrected chi connectivity index (χ4v) is 3.37. The number of hydrogen-bond acceptors (Lipinski definition) is 6. The number of aromatic nitrogens is 4. The van der Waals surface area contributed by atoms with Crippen molar-refractivity contribution in [3.63, 3.8) is 0 Å². The van der Waals surface area contributed by atoms with Crippen molar-refractivity contribution in [2.75, 3.05) is 30.4 Å². The zero-order chi connectivity index (χ0) is 19.0. The molecule has 1 aliphatic heterocycles. The minimum Gasteiger partial charge on any atom is -0.372 e. The van der Waals surface area contributed by atoms with Crippen LogP contribution in [0.4, 0.5) is 11.6 Å². The largest absolute Gasteiger partial charge is 0.372 e. The summed E-state index contributed by atoms with van der Waals surface area (Å²) in [5.41, 5.74) is 5.03. The Labute approximate surface area is 158 Å². The first kappa shape index (κ1) is 17.2. The lowest BCUT2D eigenvalue weighted by molar-refractivity contribution is 0.608. The van der Waals surface area contributed by atoms with Gasteiger partial charge in [-0.1, -0.05) is 29.8 Å². The van der Waals surface area contributed by atoms with Crippen LogP contribution in [0.3, 0.4) is 0 Å². The molecule has 3 aromatic rings. The Kier molecular flexibility index (Phi) is 4.35. The first-order valence-electron chi connectivity index (χ1n) is 9.06. The second-order valence-corrected chi connectivity index (χ2v) is 6.78. The van der Waals surface area contributed by atoms with Gasteiger partial charge in [-0.3, -0.25) is 10.1 Å². The molecule has 1 saturated heterocycles. The van der Waals surface area contributed by atoms with Crippen molar-refractivity contribution in [2.24, 2.45) is 7.05 Å². The lowest BCUT2D eigenvalue weighted by Crippen LogP contribution is -2.39. The van der Waals surface area contributed by atoms with Gasteiger partial charge in [-0.05, 0) is 13.3 Å². The number of nitrogens with zero attached hydrogens (tertiary/aromatic N) is 5. The second-order valence-electron chi connectivity index (χ2n) is 6.78. The number of rotatable bonds is 5. The molecule has 7 heteroatoms. The van der Waals surface area contributed by atoms with Crippen LogP contribution in [-0.2, 0) is 7.05 Å². The third-order valence-electron chi connectivity index (χ3n) is 5.00. The van der Waals surface area contributed by atoms with Crippen LogP contribution in [0.1, 0.15) is 23.1 Å². The van der Waals surface area contributed by atoms with Crippen molar-refractivity contribution in [3.8, 4) is 11.3 Å². The van der Waals surface area contributed by atoms with Gasteiger partial charge in [-0.25, -0.2) is 9.97 Å². The van der Waals surface area contributed by atoms with Gasteiger partial charge in [0.1, 0.15) is 18.0 Å². The molecular weight excluding hydrogens is 338 g/mol. The number of anilines is 2. The minimum absolute atomic E-state index is 0.380. The summed E-state index contributed by atoms with van der Waals surface area (Å²) in [6, 6.07) is 8.29. The van der Waals surface area contributed by atoms with Crippen molar-refractivity contribution in [2.45, 2.75) is 13.3 Å². The average Bonchev–Trinajstić information content (AvgIpc) is 3.02. The summed E-state index contributed by atoms with van der Waals surface area (Å²) >= 11 is 0. The summed E-state index contributed by atoms with van der Waals surface area (Å²) in [5.74, 6) is 1.47. The fourth-order valence-electron chi connectivity index (χ4n) is 3.37. The number of aryl methyl sites for hydroxylation is 2. The summed E-state index contributed by atoms with van der Waals surface area (Å²) in [4.78, 5) is 11.0. The predicted molar refractivity (Wildman–Crippen MR) is 108 cm³/mol. The van der Waals surface area contributed by atoms with Crippen molar-refractivity contribution in [1.82, 2.24) is 19.7 Å². The van der Waals surface area contributed by atoms with Crippen molar-refractivity contribution < 1.29 is 0 Å². The van der Waals surface area contributed by atoms with Gasteiger partial charge in [0.05, 0.1) is 23.2 Å². The van der Waals surface area contributed by atoms with E-state index < -0.39 is 0 Å². The number of benzene rings is 1. The highest BCUT2D eigenvalue weighted by molar-refractivity contribution is 6.19. The molecule has 7 nitrogen and oxygen atoms in total. The van der Waals surface area contributed by atoms with Gasteiger partial charge in [0.2, 0.25) is 0 Å². The van der Waals surface area contributed by atoms with Gasteiger partial charge in [-0.15, -0.1) is 0 Å². The molecule has 0 atom stereocenters. The predicted octanol–water partition coefficient (Wildman–Crippen LogP) is 2.85. The zero-order valence-corrected chi connectivity index (χ0v) is 15.8. The molecule has 0 unspecified atom stereocenters. The van der Waals surface area contributed by atoms with Gasteiger partial charge in [0.15, 0.2) is 0 Å². The maximum atomic E-state index is 8.99. The highest BCUT2D eigenvalue weighted by atomic mass is 15.3. The molecule has 2 aromatic heterocycles. The highest BCUT2D eigenvalue weighted by Crippen LogP contribution is 2.32. The molecule has 0 saturated carbocycles. The topological polar surface area (TPSA) is 82.7 Å². The fraction of sp³-hybridized carbons (Fsp3) is 0.300. The molecule has 0 amide bonds. The Morgan fingerprint density at radius 3 is 2.52 bits per heavy atom. The van der Waals surface area contributed by atoms with E-state index in [-0.39, 0.29) is 0 Å². The van der Waals surface area contributed by atoms with Crippen molar-refractivity contribution in [3.05, 3.63) is 53.5 Å². The summed E-state index contributed by atoms with van der Waals surface area (Å²) in [7, 11) is 3.73. The van der Waals surface area contributed by atoms with Crippen LogP contribution in [0, 0.1) is 12.3 Å². The first-order valence-corrected chi connectivity index (χ1v) is 9.06. The molecule has 1 aliphatic rings. The van der Waals surface area contributed by atoms with Crippen LogP contribution < -0.4 is 10.2 Å². The molecular formula is C20H23N7. The smallest absolute Gasteiger partial charge is 0.143 e. The minimum atomic E-state index is 0.380. The van der Waals surface area contributed by atoms with E-state index in [1.54, 1.807) is 12.5 Å². The molecule has 0 bridgehead atoms. The van der Waals surface area contributed by atoms with Crippen molar-refractivity contribution >= 4 is 17.3 Å². The molecule has 3 heterocycles. The Morgan fingerprint density at radius 1 is 1.15 bits per heavy atom. The summed E-state index contributed by atoms with van der Waals surface area (Å²) < 4.78 is 1.82. The zero-order valence-electron chi connectivity index (χ0n) is 15.8. The molecule has 2 N–H and O–H groups in total. The molecule has 1 fully saturated rings. The van der Waals surface area contributed by atoms with Crippen LogP contribution in [0.15, 0.2) is 36.8 Å². The van der Waals surface area contributed by atoms with E-state index in [0.29, 0.717) is 11.5 Å². The quantitative estimate of drug-likeness (QED) is 0.683. The van der Waals surface area contributed by atoms with E-state index in [0.717, 1.165) is 47.7 Å². The molecule has 0 spiro atoms. The van der Waals surface area contributed by atoms with Crippen molar-refractivity contribution in [1.29, 1.82) is 5.41 Å². The maximum absolute atomic E-state index is 8.99. The maximum Gasteiger partial charge on any atom is 0.143 e. The summed E-state index contributed by atoms with van der Waals surface area (Å²) in [6.07, 6.45) is 4.46. The van der Waals surface area contributed by atoms with Gasteiger partial charge in [0, 0.05) is 38.3 Å². The Balaban J connectivity index is 1.84. The van der Waals surface area contributed by atoms with Crippen LogP contribution in [0.5, 0.6) is 0 Å². The molecule has 4 rings (SSSR count). The first-order chi connectivity index (χ1) is 13.1. The Hall–Kier alpha value is -3.22. The van der Waals surface area contributed by atoms with Crippen LogP contribution in [-0.4, -0.2) is 45.6 Å². The number of nitrogens with one attached hydrogen (secondary N) is 2. The van der Waals surface area contributed by atoms with E-state index >= 15 is 0 Å². The van der Waals surface area contributed by atoms with Crippen LogP contribution >= 0.6 is 0 Å². The van der Waals surface area contributed by atoms with Gasteiger partial charge in [0.25, 0.3) is 0 Å². The SMILES string of the molecule is CNc1ncnc(N2CCC2)c1C(=N)c1cnn(C)c1-c1ccc(C)cc1. The van der Waals surface area contributed by atoms with Gasteiger partial charge in [-0.2, -0.15) is 5.10 Å². The molecule has 0 aliphatic carbocycles. The Morgan fingerprint density at radius 2 is 1.89 bits per heavy atom. The van der Waals surface area contributed by atoms with E-state index in [1.165, 1.54) is 5.56 Å². The molecule has 0 radical (unpaired) electrons. The average molecular weight is 361 g/mol. The summed E-state index contributed by atoms with van der Waals surface area (Å²) in [5, 5.41) is 16.5. The third kappa shape index (κ3) is 2.95. The van der Waals surface area contributed by atoms with E-state index in [4.69, 9.17) is 5.41 Å². The lowest BCUT2D eigenvalue weighted by Gasteiger charge is -2.33. The normalized spacial score (nSPS) is 13.4. The molecule has 27 heavy (non-hydrogen) atoms. The van der Waals surface area contributed by atoms with Gasteiger partial charge >= 0.3 is 0 Å². The Bertz CT molecular complexity index is 984. The summed E-state index contributed by atoms with van der Waals surface area (Å²) in [6.45, 7) is 3.98. The number of hydrogen-bond donors (Lipinski definition) is 2. The van der Waals surface area contributed by atoms with E-state index in [1.807, 2.05) is 18.8 Å². The van der Waals surface area contributed by atoms with E-state index in [2.05, 4.69) is 56.5 Å². The van der Waals surface area contributed by atoms with Crippen LogP contribution in [0.25, 0.3) is 11.3 Å². The standard InChI is InChI=1S/C20H23N7/c1-13-5-7-14(8-6-13)18-15(11-25-26(18)3)17(21)16-19(22-2)23-12-24-20(16)27-9-4-10-27/h5-8,11-12,21H,4,9-10H2,1-3H3,(H,22,23,24). The van der Waals surface area contributed by atoms with E-state index in [9.17, 15) is 0 Å². The molecule has 138 valence electrons. The van der Waals surface area contributed by atoms with Gasteiger partial charge < -0.3 is 10.2 Å². The third-order valence-corrected chi connectivity index (χ3v) is 5.00. The molecule has 1 aromatic carbocycles. The monoisotopic (exact) mass is 361 g/mol.